The van der Waals surface area contributed by atoms with Gasteiger partial charge in [0.25, 0.3) is 0 Å². The summed E-state index contributed by atoms with van der Waals surface area (Å²) < 4.78 is 6.52. The predicted molar refractivity (Wildman–Crippen MR) is 112 cm³/mol. The zero-order valence-corrected chi connectivity index (χ0v) is 18.0. The average molecular weight is 470 g/mol. The van der Waals surface area contributed by atoms with E-state index in [-0.39, 0.29) is 18.0 Å². The molecule has 1 aromatic carbocycles. The van der Waals surface area contributed by atoms with Gasteiger partial charge in [-0.3, -0.25) is 4.79 Å². The van der Waals surface area contributed by atoms with Crippen LogP contribution in [0.3, 0.4) is 0 Å². The van der Waals surface area contributed by atoms with Gasteiger partial charge in [0.15, 0.2) is 0 Å². The second kappa shape index (κ2) is 8.88. The van der Waals surface area contributed by atoms with Crippen molar-refractivity contribution in [3.63, 3.8) is 0 Å². The molecule has 142 valence electrons. The van der Waals surface area contributed by atoms with Gasteiger partial charge in [-0.2, -0.15) is 0 Å². The molecule has 0 bridgehead atoms. The molecular weight excluding hydrogens is 443 g/mol. The van der Waals surface area contributed by atoms with E-state index in [1.165, 1.54) is 0 Å². The lowest BCUT2D eigenvalue weighted by atomic mass is 10.2. The maximum absolute atomic E-state index is 12.3. The Morgan fingerprint density at radius 2 is 2.04 bits per heavy atom. The first-order valence-electron chi connectivity index (χ1n) is 8.88. The number of para-hydroxylation sites is 1. The Kier molecular flexibility index (Phi) is 7.08. The minimum atomic E-state index is -0.497. The lowest BCUT2D eigenvalue weighted by molar-refractivity contribution is -0.116. The summed E-state index contributed by atoms with van der Waals surface area (Å²) in [5.41, 5.74) is 0.407. The number of ether oxygens (including phenoxy) is 1. The molecule has 1 aromatic rings. The minimum Gasteiger partial charge on any atom is -0.444 e. The number of carbonyl (C=O) groups is 2. The number of anilines is 1. The van der Waals surface area contributed by atoms with Gasteiger partial charge in [-0.15, -0.1) is 0 Å². The van der Waals surface area contributed by atoms with Gasteiger partial charge >= 0.3 is 6.09 Å². The van der Waals surface area contributed by atoms with Crippen LogP contribution in [0.5, 0.6) is 0 Å². The van der Waals surface area contributed by atoms with Crippen LogP contribution in [0.1, 0.15) is 40.5 Å². The summed E-state index contributed by atoms with van der Waals surface area (Å²) in [6.45, 7) is 8.37. The SMILES string of the molecule is CC(=O)N(CC=C[C@@H]1CCCN1C(=O)OC(C)(C)C)c1ccccc1I. The zero-order valence-electron chi connectivity index (χ0n) is 15.9. The van der Waals surface area contributed by atoms with Gasteiger partial charge in [0.1, 0.15) is 5.60 Å². The highest BCUT2D eigenvalue weighted by molar-refractivity contribution is 14.1. The van der Waals surface area contributed by atoms with Crippen molar-refractivity contribution in [3.05, 3.63) is 40.0 Å². The van der Waals surface area contributed by atoms with Crippen LogP contribution in [0.25, 0.3) is 0 Å². The number of amides is 2. The molecule has 1 heterocycles. The minimum absolute atomic E-state index is 0.00538. The molecule has 2 rings (SSSR count). The number of hydrogen-bond donors (Lipinski definition) is 0. The third kappa shape index (κ3) is 5.72. The van der Waals surface area contributed by atoms with Crippen molar-refractivity contribution in [2.75, 3.05) is 18.0 Å². The van der Waals surface area contributed by atoms with Gasteiger partial charge in [0.2, 0.25) is 5.91 Å². The Balaban J connectivity index is 2.04. The first-order valence-corrected chi connectivity index (χ1v) is 9.96. The standard InChI is InChI=1S/C20H27IN2O3/c1-15(24)22(18-12-6-5-11-17(18)21)13-7-9-16-10-8-14-23(16)19(25)26-20(2,3)4/h5-7,9,11-12,16H,8,10,13-14H2,1-4H3/t16-/m1/s1. The number of carbonyl (C=O) groups excluding carboxylic acids is 2. The van der Waals surface area contributed by atoms with E-state index in [0.29, 0.717) is 13.1 Å². The van der Waals surface area contributed by atoms with Crippen LogP contribution in [0, 0.1) is 3.57 Å². The number of halogens is 1. The highest BCUT2D eigenvalue weighted by atomic mass is 127. The summed E-state index contributed by atoms with van der Waals surface area (Å²) >= 11 is 2.24. The molecule has 1 aliphatic heterocycles. The van der Waals surface area contributed by atoms with Crippen molar-refractivity contribution in [3.8, 4) is 0 Å². The molecule has 1 aliphatic rings. The monoisotopic (exact) mass is 470 g/mol. The maximum atomic E-state index is 12.3. The largest absolute Gasteiger partial charge is 0.444 e. The van der Waals surface area contributed by atoms with E-state index in [4.69, 9.17) is 4.74 Å². The third-order valence-electron chi connectivity index (χ3n) is 4.10. The topological polar surface area (TPSA) is 49.9 Å². The molecule has 1 fully saturated rings. The molecule has 6 heteroatoms. The molecule has 1 saturated heterocycles. The second-order valence-corrected chi connectivity index (χ2v) is 8.55. The first kappa shape index (κ1) is 20.7. The summed E-state index contributed by atoms with van der Waals surface area (Å²) in [7, 11) is 0. The number of hydrogen-bond acceptors (Lipinski definition) is 3. The van der Waals surface area contributed by atoms with Crippen LogP contribution in [0.15, 0.2) is 36.4 Å². The van der Waals surface area contributed by atoms with Crippen molar-refractivity contribution in [2.45, 2.75) is 52.2 Å². The van der Waals surface area contributed by atoms with Crippen LogP contribution < -0.4 is 4.90 Å². The molecular formula is C20H27IN2O3. The quantitative estimate of drug-likeness (QED) is 0.478. The molecule has 0 N–H and O–H groups in total. The number of benzene rings is 1. The van der Waals surface area contributed by atoms with Crippen molar-refractivity contribution >= 4 is 40.3 Å². The Morgan fingerprint density at radius 1 is 1.35 bits per heavy atom. The van der Waals surface area contributed by atoms with Crippen LogP contribution in [-0.2, 0) is 9.53 Å². The smallest absolute Gasteiger partial charge is 0.410 e. The maximum Gasteiger partial charge on any atom is 0.410 e. The first-order chi connectivity index (χ1) is 12.2. The van der Waals surface area contributed by atoms with E-state index in [0.717, 1.165) is 22.1 Å². The van der Waals surface area contributed by atoms with E-state index in [2.05, 4.69) is 22.6 Å². The summed E-state index contributed by atoms with van der Waals surface area (Å²) in [5, 5.41) is 0. The van der Waals surface area contributed by atoms with Crippen molar-refractivity contribution in [1.29, 1.82) is 0 Å². The van der Waals surface area contributed by atoms with Crippen LogP contribution in [-0.4, -0.2) is 41.6 Å². The van der Waals surface area contributed by atoms with Gasteiger partial charge in [-0.05, 0) is 68.3 Å². The highest BCUT2D eigenvalue weighted by Gasteiger charge is 2.30. The van der Waals surface area contributed by atoms with Gasteiger partial charge in [0, 0.05) is 23.6 Å². The Bertz CT molecular complexity index is 682. The van der Waals surface area contributed by atoms with Crippen LogP contribution in [0.4, 0.5) is 10.5 Å². The van der Waals surface area contributed by atoms with Gasteiger partial charge in [-0.1, -0.05) is 24.3 Å². The normalized spacial score (nSPS) is 17.6. The molecule has 26 heavy (non-hydrogen) atoms. The molecule has 0 saturated carbocycles. The fraction of sp³-hybridized carbons (Fsp3) is 0.500. The number of nitrogens with zero attached hydrogens (tertiary/aromatic N) is 2. The molecule has 0 radical (unpaired) electrons. The lowest BCUT2D eigenvalue weighted by Gasteiger charge is -2.27. The Morgan fingerprint density at radius 3 is 2.65 bits per heavy atom. The van der Waals surface area contributed by atoms with E-state index >= 15 is 0 Å². The van der Waals surface area contributed by atoms with Gasteiger partial charge in [-0.25, -0.2) is 4.79 Å². The molecule has 0 aliphatic carbocycles. The van der Waals surface area contributed by atoms with Crippen molar-refractivity contribution in [2.24, 2.45) is 0 Å². The lowest BCUT2D eigenvalue weighted by Crippen LogP contribution is -2.39. The van der Waals surface area contributed by atoms with E-state index < -0.39 is 5.60 Å². The number of rotatable bonds is 4. The second-order valence-electron chi connectivity index (χ2n) is 7.39. The molecule has 5 nitrogen and oxygen atoms in total. The third-order valence-corrected chi connectivity index (χ3v) is 5.01. The zero-order chi connectivity index (χ0) is 19.3. The van der Waals surface area contributed by atoms with E-state index in [1.54, 1.807) is 16.7 Å². The highest BCUT2D eigenvalue weighted by Crippen LogP contribution is 2.24. The summed E-state index contributed by atoms with van der Waals surface area (Å²) in [4.78, 5) is 27.9. The predicted octanol–water partition coefficient (Wildman–Crippen LogP) is 4.60. The van der Waals surface area contributed by atoms with Crippen LogP contribution in [0.2, 0.25) is 0 Å². The molecule has 1 atom stereocenters. The number of likely N-dealkylation sites (tertiary alicyclic amines) is 1. The summed E-state index contributed by atoms with van der Waals surface area (Å²) in [5.74, 6) is -0.00538. The fourth-order valence-corrected chi connectivity index (χ4v) is 3.61. The van der Waals surface area contributed by atoms with E-state index in [9.17, 15) is 9.59 Å². The average Bonchev–Trinajstić information content (AvgIpc) is 2.99. The fourth-order valence-electron chi connectivity index (χ4n) is 2.93. The Labute approximate surface area is 169 Å². The van der Waals surface area contributed by atoms with E-state index in [1.807, 2.05) is 57.2 Å². The molecule has 0 spiro atoms. The van der Waals surface area contributed by atoms with Crippen molar-refractivity contribution in [1.82, 2.24) is 4.90 Å². The summed E-state index contributed by atoms with van der Waals surface area (Å²) in [6.07, 6.45) is 5.59. The molecule has 2 amide bonds. The molecule has 0 unspecified atom stereocenters. The summed E-state index contributed by atoms with van der Waals surface area (Å²) in [6, 6.07) is 7.83. The molecule has 0 aromatic heterocycles. The van der Waals surface area contributed by atoms with Crippen molar-refractivity contribution < 1.29 is 14.3 Å². The Hall–Kier alpha value is -1.57. The van der Waals surface area contributed by atoms with Crippen LogP contribution >= 0.6 is 22.6 Å². The van der Waals surface area contributed by atoms with Gasteiger partial charge in [0.05, 0.1) is 11.7 Å². The van der Waals surface area contributed by atoms with Gasteiger partial charge < -0.3 is 14.5 Å².